The van der Waals surface area contributed by atoms with Gasteiger partial charge in [0.15, 0.2) is 0 Å². The molecule has 132 valence electrons. The highest BCUT2D eigenvalue weighted by Gasteiger charge is 2.18. The van der Waals surface area contributed by atoms with E-state index in [1.54, 1.807) is 6.07 Å². The van der Waals surface area contributed by atoms with Crippen LogP contribution in [0.4, 0.5) is 5.69 Å². The molecule has 24 heavy (non-hydrogen) atoms. The molecule has 0 radical (unpaired) electrons. The molecule has 1 aliphatic rings. The highest BCUT2D eigenvalue weighted by molar-refractivity contribution is 5.97. The number of piperidine rings is 1. The summed E-state index contributed by atoms with van der Waals surface area (Å²) >= 11 is 0. The number of unbranched alkanes of at least 4 members (excludes halogenated alkanes) is 4. The summed E-state index contributed by atoms with van der Waals surface area (Å²) in [7, 11) is 0. The maximum atomic E-state index is 12.5. The van der Waals surface area contributed by atoms with E-state index in [-0.39, 0.29) is 11.8 Å². The molecular weight excluding hydrogens is 300 g/mol. The predicted octanol–water partition coefficient (Wildman–Crippen LogP) is 4.61. The second kappa shape index (κ2) is 10.1. The molecule has 2 amide bonds. The van der Waals surface area contributed by atoms with Crippen LogP contribution >= 0.6 is 0 Å². The molecule has 1 fully saturated rings. The van der Waals surface area contributed by atoms with Gasteiger partial charge in [-0.15, -0.1) is 0 Å². The van der Waals surface area contributed by atoms with E-state index in [1.807, 2.05) is 23.1 Å². The van der Waals surface area contributed by atoms with Crippen LogP contribution in [0.25, 0.3) is 0 Å². The van der Waals surface area contributed by atoms with E-state index in [2.05, 4.69) is 12.2 Å². The summed E-state index contributed by atoms with van der Waals surface area (Å²) in [4.78, 5) is 26.5. The topological polar surface area (TPSA) is 49.4 Å². The molecule has 0 atom stereocenters. The summed E-state index contributed by atoms with van der Waals surface area (Å²) in [6.07, 6.45) is 9.61. The number of nitrogens with zero attached hydrogens (tertiary/aromatic N) is 1. The number of rotatable bonds is 8. The lowest BCUT2D eigenvalue weighted by atomic mass is 10.1. The first-order chi connectivity index (χ1) is 11.7. The minimum Gasteiger partial charge on any atom is -0.339 e. The van der Waals surface area contributed by atoms with Gasteiger partial charge in [-0.2, -0.15) is 0 Å². The lowest BCUT2D eigenvalue weighted by molar-refractivity contribution is -0.116. The number of hydrogen-bond donors (Lipinski definition) is 1. The molecule has 1 heterocycles. The standard InChI is InChI=1S/C20H30N2O2/c1-2-3-4-5-7-13-19(23)21-18-12-10-11-17(16-18)20(24)22-14-8-6-9-15-22/h10-12,16H,2-9,13-15H2,1H3,(H,21,23). The Morgan fingerprint density at radius 2 is 1.79 bits per heavy atom. The van der Waals surface area contributed by atoms with Gasteiger partial charge in [0.1, 0.15) is 0 Å². The first-order valence-electron chi connectivity index (χ1n) is 9.40. The molecule has 4 heteroatoms. The molecule has 0 aliphatic carbocycles. The molecule has 1 aromatic rings. The van der Waals surface area contributed by atoms with E-state index in [4.69, 9.17) is 0 Å². The molecule has 1 aliphatic heterocycles. The van der Waals surface area contributed by atoms with Crippen molar-refractivity contribution in [3.05, 3.63) is 29.8 Å². The number of carbonyl (C=O) groups is 2. The Hall–Kier alpha value is -1.84. The molecule has 4 nitrogen and oxygen atoms in total. The van der Waals surface area contributed by atoms with Crippen LogP contribution in [0.5, 0.6) is 0 Å². The van der Waals surface area contributed by atoms with Crippen molar-refractivity contribution in [3.8, 4) is 0 Å². The van der Waals surface area contributed by atoms with E-state index in [1.165, 1.54) is 25.7 Å². The molecule has 1 aromatic carbocycles. The first kappa shape index (κ1) is 18.5. The summed E-state index contributed by atoms with van der Waals surface area (Å²) in [5.41, 5.74) is 1.38. The van der Waals surface area contributed by atoms with Crippen molar-refractivity contribution in [2.75, 3.05) is 18.4 Å². The number of benzene rings is 1. The van der Waals surface area contributed by atoms with E-state index >= 15 is 0 Å². The van der Waals surface area contributed by atoms with Gasteiger partial charge in [0, 0.05) is 30.8 Å². The van der Waals surface area contributed by atoms with Crippen molar-refractivity contribution in [1.82, 2.24) is 4.90 Å². The normalized spacial score (nSPS) is 14.5. The average molecular weight is 330 g/mol. The maximum Gasteiger partial charge on any atom is 0.253 e. The predicted molar refractivity (Wildman–Crippen MR) is 98.2 cm³/mol. The molecule has 1 saturated heterocycles. The molecule has 0 saturated carbocycles. The van der Waals surface area contributed by atoms with Crippen LogP contribution in [0, 0.1) is 0 Å². The van der Waals surface area contributed by atoms with Crippen LogP contribution in [-0.4, -0.2) is 29.8 Å². The third-order valence-corrected chi connectivity index (χ3v) is 4.54. The van der Waals surface area contributed by atoms with Crippen LogP contribution in [-0.2, 0) is 4.79 Å². The summed E-state index contributed by atoms with van der Waals surface area (Å²) in [5, 5.41) is 2.92. The smallest absolute Gasteiger partial charge is 0.253 e. The summed E-state index contributed by atoms with van der Waals surface area (Å²) in [6, 6.07) is 7.32. The fourth-order valence-corrected chi connectivity index (χ4v) is 3.12. The average Bonchev–Trinajstić information content (AvgIpc) is 2.62. The van der Waals surface area contributed by atoms with Crippen LogP contribution in [0.1, 0.15) is 75.1 Å². The Bertz CT molecular complexity index is 536. The van der Waals surface area contributed by atoms with Gasteiger partial charge in [-0.05, 0) is 43.9 Å². The van der Waals surface area contributed by atoms with Crippen LogP contribution in [0.2, 0.25) is 0 Å². The summed E-state index contributed by atoms with van der Waals surface area (Å²) < 4.78 is 0. The Morgan fingerprint density at radius 1 is 1.04 bits per heavy atom. The van der Waals surface area contributed by atoms with Crippen molar-refractivity contribution in [2.24, 2.45) is 0 Å². The van der Waals surface area contributed by atoms with Gasteiger partial charge < -0.3 is 10.2 Å². The van der Waals surface area contributed by atoms with Crippen molar-refractivity contribution >= 4 is 17.5 Å². The largest absolute Gasteiger partial charge is 0.339 e. The molecule has 1 N–H and O–H groups in total. The Balaban J connectivity index is 1.83. The van der Waals surface area contributed by atoms with E-state index in [0.29, 0.717) is 12.0 Å². The summed E-state index contributed by atoms with van der Waals surface area (Å²) in [6.45, 7) is 3.87. The zero-order valence-electron chi connectivity index (χ0n) is 14.9. The molecule has 0 aromatic heterocycles. The Kier molecular flexibility index (Phi) is 7.80. The van der Waals surface area contributed by atoms with Crippen LogP contribution in [0.15, 0.2) is 24.3 Å². The fraction of sp³-hybridized carbons (Fsp3) is 0.600. The molecule has 2 rings (SSSR count). The quantitative estimate of drug-likeness (QED) is 0.708. The number of nitrogens with one attached hydrogen (secondary N) is 1. The molecular formula is C20H30N2O2. The zero-order chi connectivity index (χ0) is 17.2. The number of carbonyl (C=O) groups excluding carboxylic acids is 2. The van der Waals surface area contributed by atoms with E-state index in [0.717, 1.165) is 44.5 Å². The summed E-state index contributed by atoms with van der Waals surface area (Å²) in [5.74, 6) is 0.111. The number of anilines is 1. The third-order valence-electron chi connectivity index (χ3n) is 4.54. The van der Waals surface area contributed by atoms with Gasteiger partial charge in [0.25, 0.3) is 5.91 Å². The van der Waals surface area contributed by atoms with Gasteiger partial charge >= 0.3 is 0 Å². The monoisotopic (exact) mass is 330 g/mol. The maximum absolute atomic E-state index is 12.5. The lowest BCUT2D eigenvalue weighted by Crippen LogP contribution is -2.35. The van der Waals surface area contributed by atoms with Crippen molar-refractivity contribution in [2.45, 2.75) is 64.7 Å². The highest BCUT2D eigenvalue weighted by atomic mass is 16.2. The number of likely N-dealkylation sites (tertiary alicyclic amines) is 1. The third kappa shape index (κ3) is 5.99. The zero-order valence-corrected chi connectivity index (χ0v) is 14.9. The van der Waals surface area contributed by atoms with Crippen LogP contribution < -0.4 is 5.32 Å². The van der Waals surface area contributed by atoms with Crippen molar-refractivity contribution in [3.63, 3.8) is 0 Å². The molecule has 0 bridgehead atoms. The Morgan fingerprint density at radius 3 is 2.54 bits per heavy atom. The van der Waals surface area contributed by atoms with Gasteiger partial charge in [-0.3, -0.25) is 9.59 Å². The second-order valence-electron chi connectivity index (χ2n) is 6.65. The number of amides is 2. The minimum absolute atomic E-state index is 0.0362. The van der Waals surface area contributed by atoms with Crippen LogP contribution in [0.3, 0.4) is 0 Å². The van der Waals surface area contributed by atoms with E-state index in [9.17, 15) is 9.59 Å². The Labute approximate surface area is 145 Å². The van der Waals surface area contributed by atoms with Gasteiger partial charge in [0.2, 0.25) is 5.91 Å². The molecule has 0 unspecified atom stereocenters. The highest BCUT2D eigenvalue weighted by Crippen LogP contribution is 2.17. The first-order valence-corrected chi connectivity index (χ1v) is 9.40. The second-order valence-corrected chi connectivity index (χ2v) is 6.65. The molecule has 0 spiro atoms. The minimum atomic E-state index is 0.0362. The van der Waals surface area contributed by atoms with Gasteiger partial charge in [-0.1, -0.05) is 38.7 Å². The van der Waals surface area contributed by atoms with E-state index < -0.39 is 0 Å². The SMILES string of the molecule is CCCCCCCC(=O)Nc1cccc(C(=O)N2CCCCC2)c1. The van der Waals surface area contributed by atoms with Gasteiger partial charge in [-0.25, -0.2) is 0 Å². The van der Waals surface area contributed by atoms with Gasteiger partial charge in [0.05, 0.1) is 0 Å². The number of hydrogen-bond acceptors (Lipinski definition) is 2. The van der Waals surface area contributed by atoms with Crippen molar-refractivity contribution < 1.29 is 9.59 Å². The lowest BCUT2D eigenvalue weighted by Gasteiger charge is -2.26. The van der Waals surface area contributed by atoms with Crippen molar-refractivity contribution in [1.29, 1.82) is 0 Å². The fourth-order valence-electron chi connectivity index (χ4n) is 3.12.